The van der Waals surface area contributed by atoms with Gasteiger partial charge in [-0.05, 0) is 31.4 Å². The van der Waals surface area contributed by atoms with Gasteiger partial charge in [-0.2, -0.15) is 0 Å². The van der Waals surface area contributed by atoms with Crippen molar-refractivity contribution in [3.63, 3.8) is 0 Å². The van der Waals surface area contributed by atoms with Gasteiger partial charge in [0.2, 0.25) is 5.91 Å². The van der Waals surface area contributed by atoms with Crippen molar-refractivity contribution in [1.29, 1.82) is 0 Å². The molecule has 0 spiro atoms. The van der Waals surface area contributed by atoms with E-state index in [4.69, 9.17) is 0 Å². The number of sulfone groups is 1. The summed E-state index contributed by atoms with van der Waals surface area (Å²) in [4.78, 5) is 11.9. The number of benzene rings is 1. The highest BCUT2D eigenvalue weighted by atomic mass is 32.2. The van der Waals surface area contributed by atoms with E-state index >= 15 is 0 Å². The maximum atomic E-state index is 12.2. The van der Waals surface area contributed by atoms with Crippen LogP contribution in [0.15, 0.2) is 29.2 Å². The number of carbonyl (C=O) groups is 1. The van der Waals surface area contributed by atoms with Gasteiger partial charge in [-0.1, -0.05) is 19.1 Å². The summed E-state index contributed by atoms with van der Waals surface area (Å²) < 4.78 is 24.4. The van der Waals surface area contributed by atoms with Gasteiger partial charge in [-0.3, -0.25) is 4.79 Å². The molecule has 1 saturated carbocycles. The number of hydrogen-bond donors (Lipinski definition) is 2. The SMILES string of the molecule is CCCS(=O)(=O)c1ccccc1NCCC(=O)NC1CC1. The van der Waals surface area contributed by atoms with Crippen LogP contribution >= 0.6 is 0 Å². The predicted octanol–water partition coefficient (Wildman–Crippen LogP) is 1.95. The van der Waals surface area contributed by atoms with Crippen LogP contribution in [0, 0.1) is 0 Å². The number of rotatable bonds is 8. The lowest BCUT2D eigenvalue weighted by Crippen LogP contribution is -2.27. The third-order valence-corrected chi connectivity index (χ3v) is 5.28. The molecule has 0 bridgehead atoms. The smallest absolute Gasteiger partial charge is 0.221 e. The fraction of sp³-hybridized carbons (Fsp3) is 0.533. The molecule has 2 rings (SSSR count). The van der Waals surface area contributed by atoms with Crippen molar-refractivity contribution in [2.75, 3.05) is 17.6 Å². The minimum atomic E-state index is -3.26. The van der Waals surface area contributed by atoms with Gasteiger partial charge in [0.15, 0.2) is 9.84 Å². The molecular formula is C15H22N2O3S. The Morgan fingerprint density at radius 3 is 2.67 bits per heavy atom. The van der Waals surface area contributed by atoms with E-state index in [2.05, 4.69) is 10.6 Å². The van der Waals surface area contributed by atoms with Crippen LogP contribution in [0.4, 0.5) is 5.69 Å². The molecule has 0 aromatic heterocycles. The van der Waals surface area contributed by atoms with E-state index < -0.39 is 9.84 Å². The molecule has 0 heterocycles. The average Bonchev–Trinajstić information content (AvgIpc) is 3.23. The van der Waals surface area contributed by atoms with E-state index in [-0.39, 0.29) is 11.7 Å². The first kappa shape index (κ1) is 15.8. The first-order chi connectivity index (χ1) is 10.0. The highest BCUT2D eigenvalue weighted by Gasteiger charge is 2.23. The van der Waals surface area contributed by atoms with Crippen molar-refractivity contribution >= 4 is 21.4 Å². The standard InChI is InChI=1S/C15H22N2O3S/c1-2-11-21(19,20)14-6-4-3-5-13(14)16-10-9-15(18)17-12-7-8-12/h3-6,12,16H,2,7-11H2,1H3,(H,17,18). The predicted molar refractivity (Wildman–Crippen MR) is 83.1 cm³/mol. The van der Waals surface area contributed by atoms with E-state index in [1.165, 1.54) is 0 Å². The highest BCUT2D eigenvalue weighted by Crippen LogP contribution is 2.22. The molecule has 0 saturated heterocycles. The van der Waals surface area contributed by atoms with Gasteiger partial charge in [0, 0.05) is 19.0 Å². The van der Waals surface area contributed by atoms with Gasteiger partial charge in [-0.15, -0.1) is 0 Å². The lowest BCUT2D eigenvalue weighted by atomic mass is 10.3. The zero-order valence-electron chi connectivity index (χ0n) is 12.3. The number of anilines is 1. The minimum absolute atomic E-state index is 0.0129. The minimum Gasteiger partial charge on any atom is -0.383 e. The van der Waals surface area contributed by atoms with Gasteiger partial charge in [0.05, 0.1) is 16.3 Å². The zero-order chi connectivity index (χ0) is 15.3. The van der Waals surface area contributed by atoms with Gasteiger partial charge in [0.25, 0.3) is 0 Å². The zero-order valence-corrected chi connectivity index (χ0v) is 13.1. The second kappa shape index (κ2) is 6.93. The van der Waals surface area contributed by atoms with E-state index in [1.807, 2.05) is 6.92 Å². The van der Waals surface area contributed by atoms with Gasteiger partial charge in [-0.25, -0.2) is 8.42 Å². The molecule has 5 nitrogen and oxygen atoms in total. The number of amides is 1. The summed E-state index contributed by atoms with van der Waals surface area (Å²) in [6.07, 6.45) is 3.06. The molecule has 1 aromatic carbocycles. The van der Waals surface area contributed by atoms with Crippen LogP contribution in [-0.2, 0) is 14.6 Å². The van der Waals surface area contributed by atoms with Crippen LogP contribution in [0.1, 0.15) is 32.6 Å². The Hall–Kier alpha value is -1.56. The lowest BCUT2D eigenvalue weighted by molar-refractivity contribution is -0.120. The Bertz CT molecular complexity index is 595. The quantitative estimate of drug-likeness (QED) is 0.769. The second-order valence-corrected chi connectivity index (χ2v) is 7.41. The fourth-order valence-corrected chi connectivity index (χ4v) is 3.62. The summed E-state index contributed by atoms with van der Waals surface area (Å²) in [5, 5.41) is 5.97. The Balaban J connectivity index is 1.94. The molecule has 0 atom stereocenters. The number of nitrogens with one attached hydrogen (secondary N) is 2. The molecule has 116 valence electrons. The van der Waals surface area contributed by atoms with Crippen LogP contribution in [0.5, 0.6) is 0 Å². The summed E-state index contributed by atoms with van der Waals surface area (Å²) in [6.45, 7) is 2.27. The third-order valence-electron chi connectivity index (χ3n) is 3.30. The lowest BCUT2D eigenvalue weighted by Gasteiger charge is -2.12. The Morgan fingerprint density at radius 2 is 2.00 bits per heavy atom. The summed E-state index contributed by atoms with van der Waals surface area (Å²) >= 11 is 0. The van der Waals surface area contributed by atoms with Gasteiger partial charge in [0.1, 0.15) is 0 Å². The molecule has 1 aromatic rings. The summed E-state index contributed by atoms with van der Waals surface area (Å²) in [6, 6.07) is 7.21. The largest absolute Gasteiger partial charge is 0.383 e. The van der Waals surface area contributed by atoms with Crippen molar-refractivity contribution in [3.05, 3.63) is 24.3 Å². The Morgan fingerprint density at radius 1 is 1.29 bits per heavy atom. The summed E-state index contributed by atoms with van der Waals surface area (Å²) in [5.41, 5.74) is 0.574. The highest BCUT2D eigenvalue weighted by molar-refractivity contribution is 7.91. The molecule has 1 aliphatic rings. The Kier molecular flexibility index (Phi) is 5.22. The maximum absolute atomic E-state index is 12.2. The summed E-state index contributed by atoms with van der Waals surface area (Å²) in [5.74, 6) is 0.146. The molecule has 0 aliphatic heterocycles. The molecule has 1 fully saturated rings. The maximum Gasteiger partial charge on any atom is 0.221 e. The summed E-state index contributed by atoms with van der Waals surface area (Å²) in [7, 11) is -3.26. The van der Waals surface area contributed by atoms with E-state index in [0.717, 1.165) is 12.8 Å². The van der Waals surface area contributed by atoms with Crippen LogP contribution in [0.3, 0.4) is 0 Å². The van der Waals surface area contributed by atoms with Crippen LogP contribution in [0.2, 0.25) is 0 Å². The molecule has 21 heavy (non-hydrogen) atoms. The Labute approximate surface area is 126 Å². The molecule has 0 radical (unpaired) electrons. The molecule has 1 amide bonds. The first-order valence-corrected chi connectivity index (χ1v) is 9.03. The van der Waals surface area contributed by atoms with E-state index in [9.17, 15) is 13.2 Å². The van der Waals surface area contributed by atoms with Crippen LogP contribution in [0.25, 0.3) is 0 Å². The monoisotopic (exact) mass is 310 g/mol. The van der Waals surface area contributed by atoms with Crippen LogP contribution < -0.4 is 10.6 Å². The van der Waals surface area contributed by atoms with Crippen LogP contribution in [-0.4, -0.2) is 32.7 Å². The molecule has 0 unspecified atom stereocenters. The second-order valence-electron chi connectivity index (χ2n) is 5.33. The van der Waals surface area contributed by atoms with Crippen molar-refractivity contribution in [2.24, 2.45) is 0 Å². The average molecular weight is 310 g/mol. The fourth-order valence-electron chi connectivity index (χ4n) is 2.10. The van der Waals surface area contributed by atoms with E-state index in [1.54, 1.807) is 24.3 Å². The topological polar surface area (TPSA) is 75.3 Å². The van der Waals surface area contributed by atoms with Crippen molar-refractivity contribution < 1.29 is 13.2 Å². The number of para-hydroxylation sites is 1. The molecule has 1 aliphatic carbocycles. The number of carbonyl (C=O) groups excluding carboxylic acids is 1. The van der Waals surface area contributed by atoms with Gasteiger partial charge >= 0.3 is 0 Å². The molecule has 2 N–H and O–H groups in total. The normalized spacial score (nSPS) is 14.7. The van der Waals surface area contributed by atoms with E-state index in [0.29, 0.717) is 36.0 Å². The molecular weight excluding hydrogens is 288 g/mol. The first-order valence-electron chi connectivity index (χ1n) is 7.38. The van der Waals surface area contributed by atoms with Crippen molar-refractivity contribution in [3.8, 4) is 0 Å². The van der Waals surface area contributed by atoms with Gasteiger partial charge < -0.3 is 10.6 Å². The third kappa shape index (κ3) is 4.74. The number of hydrogen-bond acceptors (Lipinski definition) is 4. The molecule has 6 heteroatoms. The van der Waals surface area contributed by atoms with Crippen molar-refractivity contribution in [1.82, 2.24) is 5.32 Å². The van der Waals surface area contributed by atoms with Crippen molar-refractivity contribution in [2.45, 2.75) is 43.5 Å².